The quantitative estimate of drug-likeness (QED) is 0.506. The molecule has 160 valence electrons. The SMILES string of the molecule is N#Cc1nc(-c2ccco2)oc1N1CCC(C(=O)Nc2ccc(-n3cnnn3)cc2)CC1. The van der Waals surface area contributed by atoms with E-state index in [9.17, 15) is 10.1 Å². The van der Waals surface area contributed by atoms with E-state index < -0.39 is 0 Å². The van der Waals surface area contributed by atoms with Crippen molar-refractivity contribution >= 4 is 17.5 Å². The molecule has 4 heterocycles. The van der Waals surface area contributed by atoms with Gasteiger partial charge in [-0.1, -0.05) is 0 Å². The molecule has 5 rings (SSSR count). The summed E-state index contributed by atoms with van der Waals surface area (Å²) in [7, 11) is 0. The molecule has 4 aromatic rings. The molecule has 11 heteroatoms. The smallest absolute Gasteiger partial charge is 0.266 e. The second kappa shape index (κ2) is 8.35. The molecule has 3 aromatic heterocycles. The Morgan fingerprint density at radius 3 is 2.66 bits per heavy atom. The van der Waals surface area contributed by atoms with E-state index in [2.05, 4.69) is 31.9 Å². The average Bonchev–Trinajstić information content (AvgIpc) is 3.61. The van der Waals surface area contributed by atoms with Crippen LogP contribution in [0, 0.1) is 17.2 Å². The van der Waals surface area contributed by atoms with Gasteiger partial charge in [-0.3, -0.25) is 4.79 Å². The number of aromatic nitrogens is 5. The third-order valence-corrected chi connectivity index (χ3v) is 5.35. The summed E-state index contributed by atoms with van der Waals surface area (Å²) in [5.74, 6) is 0.980. The van der Waals surface area contributed by atoms with Crippen molar-refractivity contribution in [1.29, 1.82) is 5.26 Å². The first-order valence-electron chi connectivity index (χ1n) is 10.1. The molecule has 0 atom stereocenters. The number of benzene rings is 1. The Kier molecular flexibility index (Phi) is 5.09. The molecule has 0 aliphatic carbocycles. The highest BCUT2D eigenvalue weighted by atomic mass is 16.4. The van der Waals surface area contributed by atoms with Crippen LogP contribution in [0.3, 0.4) is 0 Å². The lowest BCUT2D eigenvalue weighted by atomic mass is 9.96. The van der Waals surface area contributed by atoms with Gasteiger partial charge >= 0.3 is 0 Å². The number of furan rings is 1. The van der Waals surface area contributed by atoms with E-state index >= 15 is 0 Å². The number of carbonyl (C=O) groups is 1. The zero-order chi connectivity index (χ0) is 21.9. The lowest BCUT2D eigenvalue weighted by Crippen LogP contribution is -2.38. The number of carbonyl (C=O) groups excluding carboxylic acids is 1. The molecule has 11 nitrogen and oxygen atoms in total. The summed E-state index contributed by atoms with van der Waals surface area (Å²) in [6.07, 6.45) is 4.30. The van der Waals surface area contributed by atoms with Crippen molar-refractivity contribution in [2.75, 3.05) is 23.3 Å². The Labute approximate surface area is 182 Å². The highest BCUT2D eigenvalue weighted by Gasteiger charge is 2.29. The molecule has 0 radical (unpaired) electrons. The zero-order valence-electron chi connectivity index (χ0n) is 16.9. The van der Waals surface area contributed by atoms with Crippen LogP contribution in [0.5, 0.6) is 0 Å². The third kappa shape index (κ3) is 3.81. The Bertz CT molecular complexity index is 1230. The largest absolute Gasteiger partial charge is 0.459 e. The molecule has 1 fully saturated rings. The zero-order valence-corrected chi connectivity index (χ0v) is 16.9. The summed E-state index contributed by atoms with van der Waals surface area (Å²) in [4.78, 5) is 18.9. The van der Waals surface area contributed by atoms with Gasteiger partial charge in [-0.05, 0) is 59.7 Å². The van der Waals surface area contributed by atoms with E-state index in [-0.39, 0.29) is 23.4 Å². The van der Waals surface area contributed by atoms with Gasteiger partial charge in [0.05, 0.1) is 12.0 Å². The first-order valence-corrected chi connectivity index (χ1v) is 10.1. The molecule has 1 aliphatic heterocycles. The van der Waals surface area contributed by atoms with Crippen LogP contribution in [-0.4, -0.2) is 44.2 Å². The van der Waals surface area contributed by atoms with Crippen LogP contribution in [-0.2, 0) is 4.79 Å². The predicted molar refractivity (Wildman–Crippen MR) is 112 cm³/mol. The highest BCUT2D eigenvalue weighted by Crippen LogP contribution is 2.31. The Morgan fingerprint density at radius 1 is 1.19 bits per heavy atom. The Hall–Kier alpha value is -4.46. The fourth-order valence-electron chi connectivity index (χ4n) is 3.67. The van der Waals surface area contributed by atoms with Crippen LogP contribution < -0.4 is 10.2 Å². The van der Waals surface area contributed by atoms with Gasteiger partial charge in [0, 0.05) is 24.7 Å². The van der Waals surface area contributed by atoms with Gasteiger partial charge in [-0.15, -0.1) is 5.10 Å². The number of hydrogen-bond acceptors (Lipinski definition) is 9. The molecule has 0 unspecified atom stereocenters. The molecule has 1 saturated heterocycles. The predicted octanol–water partition coefficient (Wildman–Crippen LogP) is 2.64. The first kappa shape index (κ1) is 19.5. The van der Waals surface area contributed by atoms with Gasteiger partial charge in [0.2, 0.25) is 17.5 Å². The number of oxazole rings is 1. The average molecular weight is 430 g/mol. The van der Waals surface area contributed by atoms with Crippen molar-refractivity contribution in [1.82, 2.24) is 25.2 Å². The minimum absolute atomic E-state index is 0.0332. The monoisotopic (exact) mass is 430 g/mol. The van der Waals surface area contributed by atoms with Gasteiger partial charge in [0.15, 0.2) is 5.76 Å². The van der Waals surface area contributed by atoms with Crippen LogP contribution in [0.4, 0.5) is 11.6 Å². The fraction of sp³-hybridized carbons (Fsp3) is 0.238. The number of nitrogens with one attached hydrogen (secondary N) is 1. The van der Waals surface area contributed by atoms with Crippen LogP contribution >= 0.6 is 0 Å². The Morgan fingerprint density at radius 2 is 2.00 bits per heavy atom. The van der Waals surface area contributed by atoms with Crippen LogP contribution in [0.2, 0.25) is 0 Å². The number of hydrogen-bond donors (Lipinski definition) is 1. The van der Waals surface area contributed by atoms with Crippen molar-refractivity contribution in [2.45, 2.75) is 12.8 Å². The molecule has 1 amide bonds. The molecule has 1 N–H and O–H groups in total. The van der Waals surface area contributed by atoms with Gasteiger partial charge in [0.1, 0.15) is 12.4 Å². The highest BCUT2D eigenvalue weighted by molar-refractivity contribution is 5.92. The van der Waals surface area contributed by atoms with E-state index in [0.29, 0.717) is 43.3 Å². The normalized spacial score (nSPS) is 14.3. The van der Waals surface area contributed by atoms with E-state index in [1.807, 2.05) is 29.2 Å². The minimum Gasteiger partial charge on any atom is -0.459 e. The van der Waals surface area contributed by atoms with Crippen molar-refractivity contribution in [3.05, 3.63) is 54.7 Å². The van der Waals surface area contributed by atoms with Crippen molar-refractivity contribution in [2.24, 2.45) is 5.92 Å². The molecular weight excluding hydrogens is 412 g/mol. The van der Waals surface area contributed by atoms with E-state index in [1.54, 1.807) is 12.1 Å². The van der Waals surface area contributed by atoms with Crippen LogP contribution in [0.1, 0.15) is 18.5 Å². The first-order chi connectivity index (χ1) is 15.7. The molecular formula is C21H18N8O3. The van der Waals surface area contributed by atoms with Gasteiger partial charge in [-0.25, -0.2) is 4.68 Å². The number of tetrazole rings is 1. The van der Waals surface area contributed by atoms with Gasteiger partial charge < -0.3 is 19.1 Å². The lowest BCUT2D eigenvalue weighted by molar-refractivity contribution is -0.120. The Balaban J connectivity index is 1.20. The maximum absolute atomic E-state index is 12.7. The summed E-state index contributed by atoms with van der Waals surface area (Å²) < 4.78 is 12.6. The minimum atomic E-state index is -0.136. The lowest BCUT2D eigenvalue weighted by Gasteiger charge is -2.30. The number of anilines is 2. The van der Waals surface area contributed by atoms with Gasteiger partial charge in [0.25, 0.3) is 5.89 Å². The van der Waals surface area contributed by atoms with E-state index in [4.69, 9.17) is 8.83 Å². The van der Waals surface area contributed by atoms with Crippen molar-refractivity contribution in [3.63, 3.8) is 0 Å². The number of piperidine rings is 1. The second-order valence-corrected chi connectivity index (χ2v) is 7.31. The maximum atomic E-state index is 12.7. The van der Waals surface area contributed by atoms with E-state index in [1.165, 1.54) is 17.3 Å². The van der Waals surface area contributed by atoms with E-state index in [0.717, 1.165) is 5.69 Å². The summed E-state index contributed by atoms with van der Waals surface area (Å²) in [5.41, 5.74) is 1.72. The van der Waals surface area contributed by atoms with Crippen molar-refractivity contribution < 1.29 is 13.6 Å². The number of nitrogens with zero attached hydrogens (tertiary/aromatic N) is 7. The molecule has 32 heavy (non-hydrogen) atoms. The van der Waals surface area contributed by atoms with Crippen molar-refractivity contribution in [3.8, 4) is 23.4 Å². The number of rotatable bonds is 5. The van der Waals surface area contributed by atoms with Crippen LogP contribution in [0.25, 0.3) is 17.3 Å². The van der Waals surface area contributed by atoms with Gasteiger partial charge in [-0.2, -0.15) is 10.2 Å². The topological polar surface area (TPSA) is 139 Å². The summed E-state index contributed by atoms with van der Waals surface area (Å²) in [6, 6.07) is 12.8. The second-order valence-electron chi connectivity index (χ2n) is 7.31. The molecule has 0 bridgehead atoms. The fourth-order valence-corrected chi connectivity index (χ4v) is 3.67. The molecule has 1 aromatic carbocycles. The number of nitriles is 1. The summed E-state index contributed by atoms with van der Waals surface area (Å²) >= 11 is 0. The molecule has 0 saturated carbocycles. The maximum Gasteiger partial charge on any atom is 0.266 e. The summed E-state index contributed by atoms with van der Waals surface area (Å²) in [5, 5.41) is 23.5. The van der Waals surface area contributed by atoms with Crippen LogP contribution in [0.15, 0.2) is 57.8 Å². The third-order valence-electron chi connectivity index (χ3n) is 5.35. The molecule has 1 aliphatic rings. The molecule has 0 spiro atoms. The summed E-state index contributed by atoms with van der Waals surface area (Å²) in [6.45, 7) is 1.16. The standard InChI is InChI=1S/C21H18N8O3/c22-12-17-21(32-20(25-17)18-2-1-11-31-18)28-9-7-14(8-10-28)19(30)24-15-3-5-16(6-4-15)29-13-23-26-27-29/h1-6,11,13-14H,7-10H2,(H,24,30). The number of amides is 1.